The number of morpholine rings is 1. The Morgan fingerprint density at radius 3 is 2.88 bits per heavy atom. The minimum atomic E-state index is -0.456. The molecule has 4 rings (SSSR count). The number of nitrogens with zero attached hydrogens (tertiary/aromatic N) is 4. The van der Waals surface area contributed by atoms with Crippen LogP contribution in [0.15, 0.2) is 42.5 Å². The number of nitro benzene ring substituents is 1. The van der Waals surface area contributed by atoms with Crippen LogP contribution < -0.4 is 4.90 Å². The van der Waals surface area contributed by atoms with Crippen molar-refractivity contribution in [1.29, 1.82) is 0 Å². The Hall–Kier alpha value is -2.85. The zero-order chi connectivity index (χ0) is 23.4. The molecule has 2 heterocycles. The molecule has 0 saturated carbocycles. The number of thiazole rings is 1. The molecule has 1 aromatic heterocycles. The van der Waals surface area contributed by atoms with Gasteiger partial charge in [-0.3, -0.25) is 24.7 Å². The van der Waals surface area contributed by atoms with E-state index in [-0.39, 0.29) is 11.6 Å². The van der Waals surface area contributed by atoms with Crippen molar-refractivity contribution in [1.82, 2.24) is 9.88 Å². The fraction of sp³-hybridized carbons (Fsp3) is 0.304. The molecule has 3 aromatic rings. The van der Waals surface area contributed by atoms with E-state index in [9.17, 15) is 14.9 Å². The zero-order valence-electron chi connectivity index (χ0n) is 18.1. The molecule has 0 spiro atoms. The van der Waals surface area contributed by atoms with Gasteiger partial charge >= 0.3 is 0 Å². The first kappa shape index (κ1) is 23.3. The number of non-ortho nitro benzene ring substituents is 1. The van der Waals surface area contributed by atoms with Crippen LogP contribution in [0, 0.1) is 17.0 Å². The van der Waals surface area contributed by atoms with E-state index in [1.54, 1.807) is 23.1 Å². The molecule has 1 aliphatic rings. The molecule has 33 heavy (non-hydrogen) atoms. The second-order valence-electron chi connectivity index (χ2n) is 7.64. The highest BCUT2D eigenvalue weighted by molar-refractivity contribution is 7.22. The summed E-state index contributed by atoms with van der Waals surface area (Å²) in [4.78, 5) is 32.4. The molecule has 0 N–H and O–H groups in total. The predicted octanol–water partition coefficient (Wildman–Crippen LogP) is 4.54. The first-order chi connectivity index (χ1) is 15.9. The summed E-state index contributed by atoms with van der Waals surface area (Å²) in [5.41, 5.74) is 2.23. The number of halogens is 1. The van der Waals surface area contributed by atoms with Crippen molar-refractivity contribution >= 4 is 56.0 Å². The number of amides is 1. The number of hydrogen-bond acceptors (Lipinski definition) is 7. The highest BCUT2D eigenvalue weighted by atomic mass is 35.5. The molecule has 10 heteroatoms. The molecular weight excluding hydrogens is 464 g/mol. The lowest BCUT2D eigenvalue weighted by atomic mass is 10.2. The summed E-state index contributed by atoms with van der Waals surface area (Å²) in [6, 6.07) is 9.92. The van der Waals surface area contributed by atoms with Crippen LogP contribution in [-0.2, 0) is 9.53 Å². The number of rotatable bonds is 7. The number of aromatic nitrogens is 1. The van der Waals surface area contributed by atoms with Crippen LogP contribution in [0.25, 0.3) is 16.3 Å². The summed E-state index contributed by atoms with van der Waals surface area (Å²) in [6.07, 6.45) is 3.02. The molecule has 172 valence electrons. The quantitative estimate of drug-likeness (QED) is 0.276. The van der Waals surface area contributed by atoms with Gasteiger partial charge in [0, 0.05) is 49.4 Å². The normalized spacial score (nSPS) is 14.7. The minimum absolute atomic E-state index is 0.0210. The van der Waals surface area contributed by atoms with Crippen molar-refractivity contribution in [3.8, 4) is 0 Å². The topological polar surface area (TPSA) is 88.8 Å². The van der Waals surface area contributed by atoms with Gasteiger partial charge in [0.2, 0.25) is 0 Å². The van der Waals surface area contributed by atoms with E-state index in [1.165, 1.54) is 29.5 Å². The Labute approximate surface area is 200 Å². The third kappa shape index (κ3) is 5.56. The number of aryl methyl sites for hydroxylation is 1. The summed E-state index contributed by atoms with van der Waals surface area (Å²) in [7, 11) is 0. The summed E-state index contributed by atoms with van der Waals surface area (Å²) < 4.78 is 6.37. The highest BCUT2D eigenvalue weighted by Gasteiger charge is 2.21. The molecule has 1 saturated heterocycles. The van der Waals surface area contributed by atoms with Gasteiger partial charge in [-0.15, -0.1) is 0 Å². The lowest BCUT2D eigenvalue weighted by molar-refractivity contribution is -0.384. The van der Waals surface area contributed by atoms with Crippen molar-refractivity contribution in [2.75, 3.05) is 44.3 Å². The maximum atomic E-state index is 13.2. The molecule has 0 bridgehead atoms. The fourth-order valence-electron chi connectivity index (χ4n) is 3.57. The molecule has 1 aliphatic heterocycles. The number of carbonyl (C=O) groups excluding carboxylic acids is 1. The number of anilines is 1. The van der Waals surface area contributed by atoms with Crippen molar-refractivity contribution in [3.05, 3.63) is 68.7 Å². The fourth-order valence-corrected chi connectivity index (χ4v) is 4.78. The van der Waals surface area contributed by atoms with Crippen LogP contribution in [0.2, 0.25) is 5.02 Å². The van der Waals surface area contributed by atoms with Gasteiger partial charge in [0.25, 0.3) is 11.6 Å². The van der Waals surface area contributed by atoms with Gasteiger partial charge in [-0.25, -0.2) is 4.98 Å². The van der Waals surface area contributed by atoms with E-state index < -0.39 is 4.92 Å². The zero-order valence-corrected chi connectivity index (χ0v) is 19.6. The number of benzene rings is 2. The van der Waals surface area contributed by atoms with Crippen LogP contribution in [0.5, 0.6) is 0 Å². The summed E-state index contributed by atoms with van der Waals surface area (Å²) in [6.45, 7) is 6.07. The summed E-state index contributed by atoms with van der Waals surface area (Å²) in [5.74, 6) is -0.238. The van der Waals surface area contributed by atoms with Crippen LogP contribution in [0.1, 0.15) is 11.1 Å². The van der Waals surface area contributed by atoms with Crippen LogP contribution in [-0.4, -0.2) is 60.1 Å². The maximum absolute atomic E-state index is 13.2. The Bertz CT molecular complexity index is 1210. The van der Waals surface area contributed by atoms with E-state index >= 15 is 0 Å². The van der Waals surface area contributed by atoms with E-state index in [1.807, 2.05) is 19.1 Å². The summed E-state index contributed by atoms with van der Waals surface area (Å²) in [5, 5.41) is 12.3. The molecule has 2 aromatic carbocycles. The Balaban J connectivity index is 1.60. The van der Waals surface area contributed by atoms with Crippen LogP contribution in [0.4, 0.5) is 10.8 Å². The molecule has 0 unspecified atom stereocenters. The van der Waals surface area contributed by atoms with E-state index in [0.717, 1.165) is 28.9 Å². The SMILES string of the molecule is Cc1c(Cl)ccc2sc(N(CCN3CCOCC3)C(=O)/C=C/c3cccc([N+](=O)[O-])c3)nc12. The number of nitro groups is 1. The van der Waals surface area contributed by atoms with Gasteiger partial charge in [0.1, 0.15) is 0 Å². The van der Waals surface area contributed by atoms with E-state index in [4.69, 9.17) is 21.3 Å². The predicted molar refractivity (Wildman–Crippen MR) is 131 cm³/mol. The van der Waals surface area contributed by atoms with Crippen molar-refractivity contribution in [2.24, 2.45) is 0 Å². The largest absolute Gasteiger partial charge is 0.379 e. The lowest BCUT2D eigenvalue weighted by Gasteiger charge is -2.28. The second kappa shape index (κ2) is 10.4. The number of fused-ring (bicyclic) bond motifs is 1. The molecule has 0 radical (unpaired) electrons. The van der Waals surface area contributed by atoms with Gasteiger partial charge in [0.15, 0.2) is 5.13 Å². The van der Waals surface area contributed by atoms with Gasteiger partial charge in [-0.1, -0.05) is 35.1 Å². The standard InChI is InChI=1S/C23H23ClN4O4S/c1-16-19(24)6-7-20-22(16)25-23(33-20)27(10-9-26-11-13-32-14-12-26)21(29)8-5-17-3-2-4-18(15-17)28(30)31/h2-8,15H,9-14H2,1H3/b8-5+. The molecule has 1 amide bonds. The first-order valence-electron chi connectivity index (χ1n) is 10.5. The van der Waals surface area contributed by atoms with Gasteiger partial charge < -0.3 is 4.74 Å². The molecule has 0 aliphatic carbocycles. The van der Waals surface area contributed by atoms with Crippen molar-refractivity contribution in [2.45, 2.75) is 6.92 Å². The lowest BCUT2D eigenvalue weighted by Crippen LogP contribution is -2.42. The maximum Gasteiger partial charge on any atom is 0.270 e. The summed E-state index contributed by atoms with van der Waals surface area (Å²) >= 11 is 7.70. The third-order valence-electron chi connectivity index (χ3n) is 5.48. The highest BCUT2D eigenvalue weighted by Crippen LogP contribution is 2.33. The Kier molecular flexibility index (Phi) is 7.34. The van der Waals surface area contributed by atoms with Gasteiger partial charge in [0.05, 0.1) is 28.4 Å². The van der Waals surface area contributed by atoms with Crippen molar-refractivity contribution in [3.63, 3.8) is 0 Å². The molecular formula is C23H23ClN4O4S. The molecule has 0 atom stereocenters. The van der Waals surface area contributed by atoms with Gasteiger partial charge in [-0.2, -0.15) is 0 Å². The average Bonchev–Trinajstić information content (AvgIpc) is 3.26. The first-order valence-corrected chi connectivity index (χ1v) is 11.7. The Morgan fingerprint density at radius 2 is 2.12 bits per heavy atom. The van der Waals surface area contributed by atoms with E-state index in [0.29, 0.717) is 42.0 Å². The average molecular weight is 487 g/mol. The molecule has 1 fully saturated rings. The smallest absolute Gasteiger partial charge is 0.270 e. The number of ether oxygens (including phenoxy) is 1. The van der Waals surface area contributed by atoms with Crippen LogP contribution >= 0.6 is 22.9 Å². The van der Waals surface area contributed by atoms with Crippen molar-refractivity contribution < 1.29 is 14.5 Å². The molecule has 8 nitrogen and oxygen atoms in total. The van der Waals surface area contributed by atoms with Gasteiger partial charge in [-0.05, 0) is 36.3 Å². The monoisotopic (exact) mass is 486 g/mol. The minimum Gasteiger partial charge on any atom is -0.379 e. The Morgan fingerprint density at radius 1 is 1.33 bits per heavy atom. The van der Waals surface area contributed by atoms with E-state index in [2.05, 4.69) is 4.90 Å². The number of carbonyl (C=O) groups is 1. The second-order valence-corrected chi connectivity index (χ2v) is 9.06. The number of hydrogen-bond donors (Lipinski definition) is 0. The van der Waals surface area contributed by atoms with Crippen LogP contribution in [0.3, 0.4) is 0 Å². The third-order valence-corrected chi connectivity index (χ3v) is 6.93.